The maximum Gasteiger partial charge on any atom is 0.220 e. The van der Waals surface area contributed by atoms with Crippen LogP contribution in [0.2, 0.25) is 0 Å². The summed E-state index contributed by atoms with van der Waals surface area (Å²) in [5.74, 6) is 2.09. The number of hydrogen-bond acceptors (Lipinski definition) is 4. The van der Waals surface area contributed by atoms with E-state index in [2.05, 4.69) is 25.5 Å². The Bertz CT molecular complexity index is 568. The molecule has 1 amide bonds. The molecule has 1 aliphatic heterocycles. The van der Waals surface area contributed by atoms with E-state index in [9.17, 15) is 4.79 Å². The number of aliphatic imine (C=N–C) groups is 1. The van der Waals surface area contributed by atoms with Crippen LogP contribution >= 0.6 is 0 Å². The molecule has 24 heavy (non-hydrogen) atoms. The first-order chi connectivity index (χ1) is 11.7. The average molecular weight is 333 g/mol. The lowest BCUT2D eigenvalue weighted by Gasteiger charge is -2.34. The van der Waals surface area contributed by atoms with Crippen LogP contribution in [0.25, 0.3) is 0 Å². The summed E-state index contributed by atoms with van der Waals surface area (Å²) < 4.78 is 5.14. The van der Waals surface area contributed by atoms with Gasteiger partial charge in [-0.25, -0.2) is 4.98 Å². The zero-order chi connectivity index (χ0) is 17.4. The zero-order valence-electron chi connectivity index (χ0n) is 14.7. The molecule has 7 nitrogen and oxygen atoms in total. The molecule has 0 spiro atoms. The van der Waals surface area contributed by atoms with Crippen molar-refractivity contribution in [3.8, 4) is 5.88 Å². The summed E-state index contributed by atoms with van der Waals surface area (Å²) in [6.07, 6.45) is 4.38. The minimum Gasteiger partial charge on any atom is -0.481 e. The summed E-state index contributed by atoms with van der Waals surface area (Å²) in [4.78, 5) is 22.2. The van der Waals surface area contributed by atoms with Gasteiger partial charge in [0.15, 0.2) is 5.96 Å². The number of carbonyl (C=O) groups is 1. The second kappa shape index (κ2) is 9.10. The Morgan fingerprint density at radius 2 is 2.21 bits per heavy atom. The van der Waals surface area contributed by atoms with Crippen molar-refractivity contribution in [2.24, 2.45) is 10.9 Å². The number of methoxy groups -OCH3 is 1. The summed E-state index contributed by atoms with van der Waals surface area (Å²) in [6, 6.07) is 3.87. The number of nitrogens with one attached hydrogen (secondary N) is 2. The van der Waals surface area contributed by atoms with Crippen LogP contribution in [0, 0.1) is 5.92 Å². The SMILES string of the molecule is CN=C(NCc1ccnc(OC)c1)N1CCC(CC(=O)NC)CC1. The molecule has 0 aromatic carbocycles. The van der Waals surface area contributed by atoms with E-state index in [4.69, 9.17) is 4.74 Å². The smallest absolute Gasteiger partial charge is 0.220 e. The van der Waals surface area contributed by atoms with Crippen molar-refractivity contribution in [3.63, 3.8) is 0 Å². The lowest BCUT2D eigenvalue weighted by molar-refractivity contribution is -0.121. The summed E-state index contributed by atoms with van der Waals surface area (Å²) >= 11 is 0. The van der Waals surface area contributed by atoms with Crippen molar-refractivity contribution < 1.29 is 9.53 Å². The Morgan fingerprint density at radius 1 is 1.46 bits per heavy atom. The average Bonchev–Trinajstić information content (AvgIpc) is 2.63. The standard InChI is InChI=1S/C17H27N5O2/c1-18-15(23)10-13-5-8-22(9-6-13)17(19-2)21-12-14-4-7-20-16(11-14)24-3/h4,7,11,13H,5-6,8-10,12H2,1-3H3,(H,18,23)(H,19,21). The topological polar surface area (TPSA) is 78.9 Å². The molecular formula is C17H27N5O2. The second-order valence-corrected chi connectivity index (χ2v) is 5.91. The van der Waals surface area contributed by atoms with E-state index < -0.39 is 0 Å². The Morgan fingerprint density at radius 3 is 2.83 bits per heavy atom. The number of ether oxygens (including phenoxy) is 1. The third kappa shape index (κ3) is 5.11. The molecule has 0 radical (unpaired) electrons. The molecule has 2 N–H and O–H groups in total. The van der Waals surface area contributed by atoms with E-state index in [1.807, 2.05) is 12.1 Å². The molecule has 7 heteroatoms. The van der Waals surface area contributed by atoms with Gasteiger partial charge >= 0.3 is 0 Å². The van der Waals surface area contributed by atoms with Crippen molar-refractivity contribution in [3.05, 3.63) is 23.9 Å². The predicted molar refractivity (Wildman–Crippen MR) is 94.0 cm³/mol. The minimum absolute atomic E-state index is 0.127. The Balaban J connectivity index is 1.83. The molecule has 0 aliphatic carbocycles. The van der Waals surface area contributed by atoms with Gasteiger partial charge in [0.25, 0.3) is 0 Å². The fraction of sp³-hybridized carbons (Fsp3) is 0.588. The van der Waals surface area contributed by atoms with E-state index in [0.717, 1.165) is 37.5 Å². The molecule has 0 atom stereocenters. The van der Waals surface area contributed by atoms with Crippen molar-refractivity contribution in [2.75, 3.05) is 34.3 Å². The normalized spacial score (nSPS) is 16.0. The molecular weight excluding hydrogens is 306 g/mol. The number of carbonyl (C=O) groups excluding carboxylic acids is 1. The summed E-state index contributed by atoms with van der Waals surface area (Å²) in [5.41, 5.74) is 1.09. The third-order valence-electron chi connectivity index (χ3n) is 4.34. The second-order valence-electron chi connectivity index (χ2n) is 5.91. The van der Waals surface area contributed by atoms with Gasteiger partial charge in [-0.15, -0.1) is 0 Å². The minimum atomic E-state index is 0.127. The van der Waals surface area contributed by atoms with Crippen LogP contribution in [0.1, 0.15) is 24.8 Å². The fourth-order valence-corrected chi connectivity index (χ4v) is 2.90. The van der Waals surface area contributed by atoms with Crippen LogP contribution in [0.3, 0.4) is 0 Å². The Labute approximate surface area is 143 Å². The molecule has 1 aliphatic rings. The van der Waals surface area contributed by atoms with Gasteiger partial charge in [0.1, 0.15) is 0 Å². The van der Waals surface area contributed by atoms with Gasteiger partial charge in [-0.05, 0) is 30.4 Å². The van der Waals surface area contributed by atoms with Crippen LogP contribution in [0.15, 0.2) is 23.3 Å². The number of aromatic nitrogens is 1. The van der Waals surface area contributed by atoms with E-state index in [0.29, 0.717) is 24.8 Å². The molecule has 1 saturated heterocycles. The predicted octanol–water partition coefficient (Wildman–Crippen LogP) is 1.01. The summed E-state index contributed by atoms with van der Waals surface area (Å²) in [6.45, 7) is 2.51. The van der Waals surface area contributed by atoms with Crippen molar-refractivity contribution in [2.45, 2.75) is 25.8 Å². The molecule has 1 aromatic heterocycles. The lowest BCUT2D eigenvalue weighted by atomic mass is 9.93. The van der Waals surface area contributed by atoms with Crippen LogP contribution in [0.4, 0.5) is 0 Å². The van der Waals surface area contributed by atoms with Crippen LogP contribution in [-0.2, 0) is 11.3 Å². The number of rotatable bonds is 5. The van der Waals surface area contributed by atoms with Crippen LogP contribution < -0.4 is 15.4 Å². The first-order valence-corrected chi connectivity index (χ1v) is 8.31. The van der Waals surface area contributed by atoms with Crippen molar-refractivity contribution >= 4 is 11.9 Å². The van der Waals surface area contributed by atoms with Gasteiger partial charge in [0.2, 0.25) is 11.8 Å². The summed E-state index contributed by atoms with van der Waals surface area (Å²) in [5, 5.41) is 6.09. The molecule has 1 aromatic rings. The molecule has 132 valence electrons. The number of pyridine rings is 1. The van der Waals surface area contributed by atoms with E-state index in [1.54, 1.807) is 27.4 Å². The highest BCUT2D eigenvalue weighted by molar-refractivity contribution is 5.80. The van der Waals surface area contributed by atoms with E-state index in [1.165, 1.54) is 0 Å². The highest BCUT2D eigenvalue weighted by Gasteiger charge is 2.22. The molecule has 0 unspecified atom stereocenters. The number of hydrogen-bond donors (Lipinski definition) is 2. The maximum absolute atomic E-state index is 11.5. The first kappa shape index (κ1) is 18.0. The van der Waals surface area contributed by atoms with Gasteiger partial charge in [-0.3, -0.25) is 9.79 Å². The van der Waals surface area contributed by atoms with Crippen LogP contribution in [0.5, 0.6) is 5.88 Å². The Kier molecular flexibility index (Phi) is 6.84. The first-order valence-electron chi connectivity index (χ1n) is 8.31. The zero-order valence-corrected chi connectivity index (χ0v) is 14.7. The van der Waals surface area contributed by atoms with E-state index in [-0.39, 0.29) is 5.91 Å². The number of piperidine rings is 1. The fourth-order valence-electron chi connectivity index (χ4n) is 2.90. The summed E-state index contributed by atoms with van der Waals surface area (Å²) in [7, 11) is 5.10. The van der Waals surface area contributed by atoms with Crippen molar-refractivity contribution in [1.82, 2.24) is 20.5 Å². The van der Waals surface area contributed by atoms with Gasteiger partial charge < -0.3 is 20.3 Å². The molecule has 2 rings (SSSR count). The number of likely N-dealkylation sites (tertiary alicyclic amines) is 1. The number of amides is 1. The van der Waals surface area contributed by atoms with Crippen LogP contribution in [-0.4, -0.2) is 56.0 Å². The molecule has 1 fully saturated rings. The number of nitrogens with zero attached hydrogens (tertiary/aromatic N) is 3. The molecule has 0 bridgehead atoms. The van der Waals surface area contributed by atoms with Gasteiger partial charge in [-0.2, -0.15) is 0 Å². The molecule has 2 heterocycles. The van der Waals surface area contributed by atoms with Crippen molar-refractivity contribution in [1.29, 1.82) is 0 Å². The Hall–Kier alpha value is -2.31. The molecule has 0 saturated carbocycles. The van der Waals surface area contributed by atoms with Gasteiger partial charge in [-0.1, -0.05) is 0 Å². The maximum atomic E-state index is 11.5. The van der Waals surface area contributed by atoms with Gasteiger partial charge in [0, 0.05) is 52.4 Å². The quantitative estimate of drug-likeness (QED) is 0.621. The monoisotopic (exact) mass is 333 g/mol. The highest BCUT2D eigenvalue weighted by Crippen LogP contribution is 2.20. The lowest BCUT2D eigenvalue weighted by Crippen LogP contribution is -2.45. The van der Waals surface area contributed by atoms with Gasteiger partial charge in [0.05, 0.1) is 7.11 Å². The van der Waals surface area contributed by atoms with E-state index >= 15 is 0 Å². The highest BCUT2D eigenvalue weighted by atomic mass is 16.5. The largest absolute Gasteiger partial charge is 0.481 e. The number of guanidine groups is 1. The third-order valence-corrected chi connectivity index (χ3v) is 4.34.